The van der Waals surface area contributed by atoms with Gasteiger partial charge in [-0.15, -0.1) is 0 Å². The monoisotopic (exact) mass is 272 g/mol. The molecule has 2 rings (SSSR count). The summed E-state index contributed by atoms with van der Waals surface area (Å²) in [6.45, 7) is 0. The number of aliphatic hydroxyl groups is 1. The van der Waals surface area contributed by atoms with E-state index in [1.165, 1.54) is 12.1 Å². The average Bonchev–Trinajstić information content (AvgIpc) is 2.27. The predicted octanol–water partition coefficient (Wildman–Crippen LogP) is 3.84. The minimum Gasteiger partial charge on any atom is -0.383 e. The van der Waals surface area contributed by atoms with E-state index in [1.54, 1.807) is 0 Å². The number of aliphatic hydroxyl groups excluding tert-OH is 1. The van der Waals surface area contributed by atoms with Crippen molar-refractivity contribution < 1.29 is 18.3 Å². The van der Waals surface area contributed by atoms with Crippen LogP contribution in [-0.4, -0.2) is 5.11 Å². The van der Waals surface area contributed by atoms with Gasteiger partial charge in [0.25, 0.3) is 0 Å². The number of hydrogen-bond donors (Lipinski definition) is 1. The standard InChI is InChI=1S/C13H8ClF3O/c14-10-2-1-3-11(17)12(10)13(18)7-4-8(15)6-9(16)5-7/h1-6,13,18H. The maximum atomic E-state index is 13.6. The van der Waals surface area contributed by atoms with Crippen molar-refractivity contribution in [2.24, 2.45) is 0 Å². The molecule has 1 N–H and O–H groups in total. The van der Waals surface area contributed by atoms with E-state index in [0.717, 1.165) is 18.2 Å². The Bertz CT molecular complexity index is 546. The summed E-state index contributed by atoms with van der Waals surface area (Å²) in [4.78, 5) is 0. The van der Waals surface area contributed by atoms with Crippen LogP contribution in [0.1, 0.15) is 17.2 Å². The van der Waals surface area contributed by atoms with Crippen LogP contribution >= 0.6 is 11.6 Å². The molecule has 0 aliphatic rings. The second kappa shape index (κ2) is 5.00. The highest BCUT2D eigenvalue weighted by Crippen LogP contribution is 2.31. The third-order valence-electron chi connectivity index (χ3n) is 2.47. The molecule has 0 saturated heterocycles. The quantitative estimate of drug-likeness (QED) is 0.881. The Morgan fingerprint density at radius 3 is 2.17 bits per heavy atom. The molecule has 0 aliphatic carbocycles. The lowest BCUT2D eigenvalue weighted by atomic mass is 10.0. The van der Waals surface area contributed by atoms with Gasteiger partial charge in [-0.2, -0.15) is 0 Å². The van der Waals surface area contributed by atoms with E-state index in [9.17, 15) is 18.3 Å². The molecule has 1 atom stereocenters. The molecule has 0 aliphatic heterocycles. The SMILES string of the molecule is OC(c1cc(F)cc(F)c1)c1c(F)cccc1Cl. The lowest BCUT2D eigenvalue weighted by molar-refractivity contribution is 0.214. The van der Waals surface area contributed by atoms with Gasteiger partial charge in [0.15, 0.2) is 0 Å². The third-order valence-corrected chi connectivity index (χ3v) is 2.80. The summed E-state index contributed by atoms with van der Waals surface area (Å²) in [5.74, 6) is -2.44. The zero-order valence-corrected chi connectivity index (χ0v) is 9.76. The molecule has 0 radical (unpaired) electrons. The van der Waals surface area contributed by atoms with Crippen molar-refractivity contribution in [1.29, 1.82) is 0 Å². The van der Waals surface area contributed by atoms with Gasteiger partial charge in [-0.25, -0.2) is 13.2 Å². The third kappa shape index (κ3) is 2.49. The van der Waals surface area contributed by atoms with Gasteiger partial charge in [0, 0.05) is 16.7 Å². The summed E-state index contributed by atoms with van der Waals surface area (Å²) in [5.41, 5.74) is -0.302. The van der Waals surface area contributed by atoms with Gasteiger partial charge in [-0.3, -0.25) is 0 Å². The van der Waals surface area contributed by atoms with Gasteiger partial charge in [0.1, 0.15) is 23.6 Å². The fraction of sp³-hybridized carbons (Fsp3) is 0.0769. The zero-order chi connectivity index (χ0) is 13.3. The summed E-state index contributed by atoms with van der Waals surface area (Å²) in [6, 6.07) is 6.39. The fourth-order valence-corrected chi connectivity index (χ4v) is 1.94. The molecule has 0 saturated carbocycles. The highest BCUT2D eigenvalue weighted by Gasteiger charge is 2.19. The van der Waals surface area contributed by atoms with Gasteiger partial charge in [-0.1, -0.05) is 17.7 Å². The Morgan fingerprint density at radius 1 is 1.00 bits per heavy atom. The summed E-state index contributed by atoms with van der Waals surface area (Å²) in [6.07, 6.45) is -1.52. The Kier molecular flexibility index (Phi) is 3.59. The Labute approximate surface area is 106 Å². The molecule has 18 heavy (non-hydrogen) atoms. The second-order valence-corrected chi connectivity index (χ2v) is 4.15. The highest BCUT2D eigenvalue weighted by atomic mass is 35.5. The second-order valence-electron chi connectivity index (χ2n) is 3.74. The molecule has 0 heterocycles. The van der Waals surface area contributed by atoms with Gasteiger partial charge < -0.3 is 5.11 Å². The first kappa shape index (κ1) is 12.9. The van der Waals surface area contributed by atoms with E-state index in [-0.39, 0.29) is 16.1 Å². The molecule has 2 aromatic rings. The zero-order valence-electron chi connectivity index (χ0n) is 9.00. The molecule has 1 unspecified atom stereocenters. The molecule has 5 heteroatoms. The van der Waals surface area contributed by atoms with E-state index in [4.69, 9.17) is 11.6 Å². The van der Waals surface area contributed by atoms with Crippen molar-refractivity contribution >= 4 is 11.6 Å². The first-order chi connectivity index (χ1) is 8.49. The first-order valence-corrected chi connectivity index (χ1v) is 5.45. The normalized spacial score (nSPS) is 12.5. The maximum absolute atomic E-state index is 13.6. The van der Waals surface area contributed by atoms with E-state index in [2.05, 4.69) is 0 Å². The minimum atomic E-state index is -1.52. The number of hydrogen-bond acceptors (Lipinski definition) is 1. The van der Waals surface area contributed by atoms with Crippen molar-refractivity contribution in [3.05, 3.63) is 70.0 Å². The molecule has 0 fully saturated rings. The van der Waals surface area contributed by atoms with Crippen molar-refractivity contribution in [2.75, 3.05) is 0 Å². The van der Waals surface area contributed by atoms with Crippen molar-refractivity contribution in [3.63, 3.8) is 0 Å². The molecule has 94 valence electrons. The van der Waals surface area contributed by atoms with E-state index in [0.29, 0.717) is 6.07 Å². The van der Waals surface area contributed by atoms with Crippen LogP contribution in [0.25, 0.3) is 0 Å². The minimum absolute atomic E-state index is 0.00725. The molecule has 1 nitrogen and oxygen atoms in total. The molecule has 2 aromatic carbocycles. The van der Waals surface area contributed by atoms with Gasteiger partial charge in [-0.05, 0) is 29.8 Å². The van der Waals surface area contributed by atoms with E-state index >= 15 is 0 Å². The molecule has 0 spiro atoms. The molecule has 0 amide bonds. The topological polar surface area (TPSA) is 20.2 Å². The number of rotatable bonds is 2. The van der Waals surface area contributed by atoms with Crippen molar-refractivity contribution in [1.82, 2.24) is 0 Å². The summed E-state index contributed by atoms with van der Waals surface area (Å²) >= 11 is 5.77. The number of benzene rings is 2. The van der Waals surface area contributed by atoms with Crippen LogP contribution in [0.4, 0.5) is 13.2 Å². The average molecular weight is 273 g/mol. The Hall–Kier alpha value is -1.52. The van der Waals surface area contributed by atoms with Crippen LogP contribution in [0.15, 0.2) is 36.4 Å². The molecule has 0 aromatic heterocycles. The summed E-state index contributed by atoms with van der Waals surface area (Å²) in [7, 11) is 0. The maximum Gasteiger partial charge on any atom is 0.130 e. The lowest BCUT2D eigenvalue weighted by Crippen LogP contribution is -2.04. The molecular formula is C13H8ClF3O. The van der Waals surface area contributed by atoms with Crippen molar-refractivity contribution in [2.45, 2.75) is 6.10 Å². The predicted molar refractivity (Wildman–Crippen MR) is 61.8 cm³/mol. The van der Waals surface area contributed by atoms with Crippen LogP contribution < -0.4 is 0 Å². The van der Waals surface area contributed by atoms with E-state index < -0.39 is 23.6 Å². The van der Waals surface area contributed by atoms with Gasteiger partial charge in [0.05, 0.1) is 0 Å². The van der Waals surface area contributed by atoms with Crippen LogP contribution in [0.2, 0.25) is 5.02 Å². The lowest BCUT2D eigenvalue weighted by Gasteiger charge is -2.14. The van der Waals surface area contributed by atoms with Crippen LogP contribution in [-0.2, 0) is 0 Å². The summed E-state index contributed by atoms with van der Waals surface area (Å²) in [5, 5.41) is 9.94. The smallest absolute Gasteiger partial charge is 0.130 e. The first-order valence-electron chi connectivity index (χ1n) is 5.07. The van der Waals surface area contributed by atoms with Crippen LogP contribution in [0.3, 0.4) is 0 Å². The van der Waals surface area contributed by atoms with E-state index in [1.807, 2.05) is 0 Å². The highest BCUT2D eigenvalue weighted by molar-refractivity contribution is 6.31. The molecule has 0 bridgehead atoms. The molecular weight excluding hydrogens is 265 g/mol. The fourth-order valence-electron chi connectivity index (χ4n) is 1.67. The van der Waals surface area contributed by atoms with Crippen LogP contribution in [0, 0.1) is 17.5 Å². The number of halogens is 4. The Balaban J connectivity index is 2.51. The van der Waals surface area contributed by atoms with Crippen molar-refractivity contribution in [3.8, 4) is 0 Å². The van der Waals surface area contributed by atoms with Crippen LogP contribution in [0.5, 0.6) is 0 Å². The Morgan fingerprint density at radius 2 is 1.61 bits per heavy atom. The van der Waals surface area contributed by atoms with Gasteiger partial charge >= 0.3 is 0 Å². The van der Waals surface area contributed by atoms with Gasteiger partial charge in [0.2, 0.25) is 0 Å². The largest absolute Gasteiger partial charge is 0.383 e. The summed E-state index contributed by atoms with van der Waals surface area (Å²) < 4.78 is 39.6.